The van der Waals surface area contributed by atoms with Crippen LogP contribution in [0.5, 0.6) is 0 Å². The number of hydrogen-bond donors (Lipinski definition) is 2. The summed E-state index contributed by atoms with van der Waals surface area (Å²) in [5.41, 5.74) is 3.86. The average Bonchev–Trinajstić information content (AvgIpc) is 2.21. The van der Waals surface area contributed by atoms with E-state index in [2.05, 4.69) is 0 Å². The molecule has 16 heavy (non-hydrogen) atoms. The molecule has 0 fully saturated rings. The zero-order valence-corrected chi connectivity index (χ0v) is 8.11. The minimum absolute atomic E-state index is 0.127. The summed E-state index contributed by atoms with van der Waals surface area (Å²) >= 11 is 0. The fourth-order valence-electron chi connectivity index (χ4n) is 1.85. The molecule has 1 aliphatic rings. The van der Waals surface area contributed by atoms with Gasteiger partial charge in [0.25, 0.3) is 5.92 Å². The normalized spacial score (nSPS) is 22.9. The Balaban J connectivity index is 2.62. The predicted octanol–water partition coefficient (Wildman–Crippen LogP) is 2.16. The van der Waals surface area contributed by atoms with E-state index < -0.39 is 41.3 Å². The number of hydrogen-bond acceptors (Lipinski definition) is 2. The highest BCUT2D eigenvalue weighted by Crippen LogP contribution is 2.43. The zero-order valence-electron chi connectivity index (χ0n) is 8.11. The predicted molar refractivity (Wildman–Crippen MR) is 49.0 cm³/mol. The van der Waals surface area contributed by atoms with E-state index in [0.29, 0.717) is 6.07 Å². The molecule has 6 heteroatoms. The van der Waals surface area contributed by atoms with Gasteiger partial charge in [0.1, 0.15) is 17.6 Å². The van der Waals surface area contributed by atoms with Crippen LogP contribution in [0.15, 0.2) is 6.07 Å². The third-order valence-electron chi connectivity index (χ3n) is 2.79. The van der Waals surface area contributed by atoms with Crippen LogP contribution in [0.2, 0.25) is 0 Å². The highest BCUT2D eigenvalue weighted by atomic mass is 19.3. The first-order valence-corrected chi connectivity index (χ1v) is 4.66. The van der Waals surface area contributed by atoms with Crippen LogP contribution in [0.1, 0.15) is 23.7 Å². The lowest BCUT2D eigenvalue weighted by atomic mass is 9.86. The zero-order chi connectivity index (χ0) is 12.1. The number of aliphatic hydroxyl groups is 1. The van der Waals surface area contributed by atoms with E-state index in [9.17, 15) is 22.7 Å². The maximum atomic E-state index is 13.4. The van der Waals surface area contributed by atoms with Crippen LogP contribution in [0.4, 0.5) is 23.2 Å². The van der Waals surface area contributed by atoms with Crippen LogP contribution < -0.4 is 5.73 Å². The monoisotopic (exact) mass is 235 g/mol. The van der Waals surface area contributed by atoms with Crippen molar-refractivity contribution in [3.8, 4) is 0 Å². The topological polar surface area (TPSA) is 46.2 Å². The summed E-state index contributed by atoms with van der Waals surface area (Å²) in [4.78, 5) is 0. The minimum Gasteiger partial charge on any atom is -0.394 e. The highest BCUT2D eigenvalue weighted by molar-refractivity contribution is 5.50. The van der Waals surface area contributed by atoms with Gasteiger partial charge in [0.2, 0.25) is 0 Å². The third-order valence-corrected chi connectivity index (χ3v) is 2.79. The molecule has 2 rings (SSSR count). The summed E-state index contributed by atoms with van der Waals surface area (Å²) in [6, 6.07) is 0.672. The lowest BCUT2D eigenvalue weighted by Gasteiger charge is -2.30. The number of alkyl halides is 2. The molecule has 1 atom stereocenters. The summed E-state index contributed by atoms with van der Waals surface area (Å²) in [5.74, 6) is -5.54. The molecule has 3 N–H and O–H groups in total. The first-order chi connectivity index (χ1) is 7.34. The SMILES string of the molecule is Nc1c(F)cc2c(c1F)CCC(F)(F)C2O. The Kier molecular flexibility index (Phi) is 2.34. The molecule has 0 amide bonds. The third kappa shape index (κ3) is 1.44. The van der Waals surface area contributed by atoms with Crippen molar-refractivity contribution in [3.63, 3.8) is 0 Å². The van der Waals surface area contributed by atoms with Gasteiger partial charge in [0, 0.05) is 6.42 Å². The van der Waals surface area contributed by atoms with Crippen molar-refractivity contribution < 1.29 is 22.7 Å². The van der Waals surface area contributed by atoms with Crippen LogP contribution in [0.25, 0.3) is 0 Å². The molecule has 0 bridgehead atoms. The number of anilines is 1. The second kappa shape index (κ2) is 3.35. The van der Waals surface area contributed by atoms with Gasteiger partial charge < -0.3 is 10.8 Å². The molecule has 1 aliphatic carbocycles. The average molecular weight is 235 g/mol. The van der Waals surface area contributed by atoms with Gasteiger partial charge in [-0.25, -0.2) is 17.6 Å². The van der Waals surface area contributed by atoms with Crippen molar-refractivity contribution in [1.29, 1.82) is 0 Å². The number of halogens is 4. The van der Waals surface area contributed by atoms with E-state index >= 15 is 0 Å². The van der Waals surface area contributed by atoms with Gasteiger partial charge >= 0.3 is 0 Å². The lowest BCUT2D eigenvalue weighted by molar-refractivity contribution is -0.122. The first-order valence-electron chi connectivity index (χ1n) is 4.66. The van der Waals surface area contributed by atoms with Crippen molar-refractivity contribution in [1.82, 2.24) is 0 Å². The number of nitrogen functional groups attached to an aromatic ring is 1. The Morgan fingerprint density at radius 2 is 2.00 bits per heavy atom. The van der Waals surface area contributed by atoms with Gasteiger partial charge in [-0.3, -0.25) is 0 Å². The largest absolute Gasteiger partial charge is 0.394 e. The molecule has 0 spiro atoms. The van der Waals surface area contributed by atoms with Crippen LogP contribution in [-0.4, -0.2) is 11.0 Å². The Bertz CT molecular complexity index is 447. The van der Waals surface area contributed by atoms with E-state index in [4.69, 9.17) is 5.73 Å². The minimum atomic E-state index is -3.36. The highest BCUT2D eigenvalue weighted by Gasteiger charge is 2.44. The summed E-state index contributed by atoms with van der Waals surface area (Å²) in [5, 5.41) is 9.30. The standard InChI is InChI=1S/C10H9F4NO/c11-6-3-5-4(7(12)8(6)15)1-2-10(13,14)9(5)16/h3,9,16H,1-2,15H2. The van der Waals surface area contributed by atoms with Crippen LogP contribution in [-0.2, 0) is 6.42 Å². The second-order valence-corrected chi connectivity index (χ2v) is 3.82. The Hall–Kier alpha value is -1.30. The van der Waals surface area contributed by atoms with Crippen molar-refractivity contribution in [2.75, 3.05) is 5.73 Å². The van der Waals surface area contributed by atoms with Gasteiger partial charge in [0.05, 0.1) is 0 Å². The van der Waals surface area contributed by atoms with Crippen molar-refractivity contribution >= 4 is 5.69 Å². The van der Waals surface area contributed by atoms with Crippen molar-refractivity contribution in [2.24, 2.45) is 0 Å². The van der Waals surface area contributed by atoms with Gasteiger partial charge in [-0.2, -0.15) is 0 Å². The fraction of sp³-hybridized carbons (Fsp3) is 0.400. The Morgan fingerprint density at radius 1 is 1.38 bits per heavy atom. The van der Waals surface area contributed by atoms with E-state index in [1.807, 2.05) is 0 Å². The molecule has 1 aromatic rings. The van der Waals surface area contributed by atoms with E-state index in [1.165, 1.54) is 0 Å². The van der Waals surface area contributed by atoms with E-state index in [-0.39, 0.29) is 12.0 Å². The van der Waals surface area contributed by atoms with Gasteiger partial charge in [-0.15, -0.1) is 0 Å². The number of aliphatic hydroxyl groups excluding tert-OH is 1. The van der Waals surface area contributed by atoms with Gasteiger partial charge in [-0.05, 0) is 23.6 Å². The molecule has 0 heterocycles. The quantitative estimate of drug-likeness (QED) is 0.534. The number of rotatable bonds is 0. The number of fused-ring (bicyclic) bond motifs is 1. The maximum Gasteiger partial charge on any atom is 0.277 e. The molecule has 0 radical (unpaired) electrons. The summed E-state index contributed by atoms with van der Waals surface area (Å²) in [7, 11) is 0. The smallest absolute Gasteiger partial charge is 0.277 e. The molecule has 0 aliphatic heterocycles. The molecule has 0 aromatic heterocycles. The molecular weight excluding hydrogens is 226 g/mol. The lowest BCUT2D eigenvalue weighted by Crippen LogP contribution is -2.32. The number of benzene rings is 1. The van der Waals surface area contributed by atoms with E-state index in [0.717, 1.165) is 0 Å². The maximum absolute atomic E-state index is 13.4. The molecular formula is C10H9F4NO. The Morgan fingerprint density at radius 3 is 2.62 bits per heavy atom. The Labute approximate surface area is 88.7 Å². The van der Waals surface area contributed by atoms with Gasteiger partial charge in [-0.1, -0.05) is 0 Å². The molecule has 2 nitrogen and oxygen atoms in total. The van der Waals surface area contributed by atoms with Crippen LogP contribution in [0, 0.1) is 11.6 Å². The van der Waals surface area contributed by atoms with Crippen molar-refractivity contribution in [2.45, 2.75) is 24.9 Å². The molecule has 1 aromatic carbocycles. The van der Waals surface area contributed by atoms with Crippen molar-refractivity contribution in [3.05, 3.63) is 28.8 Å². The van der Waals surface area contributed by atoms with E-state index in [1.54, 1.807) is 0 Å². The number of nitrogens with two attached hydrogens (primary N) is 1. The van der Waals surface area contributed by atoms with Gasteiger partial charge in [0.15, 0.2) is 5.82 Å². The summed E-state index contributed by atoms with van der Waals surface area (Å²) in [6.45, 7) is 0. The molecule has 1 unspecified atom stereocenters. The molecule has 88 valence electrons. The molecule has 0 saturated heterocycles. The summed E-state index contributed by atoms with van der Waals surface area (Å²) < 4.78 is 52.7. The first kappa shape index (κ1) is 11.2. The van der Waals surface area contributed by atoms with Crippen LogP contribution >= 0.6 is 0 Å². The van der Waals surface area contributed by atoms with Crippen LogP contribution in [0.3, 0.4) is 0 Å². The second-order valence-electron chi connectivity index (χ2n) is 3.82. The molecule has 0 saturated carbocycles. The fourth-order valence-corrected chi connectivity index (χ4v) is 1.85. The summed E-state index contributed by atoms with van der Waals surface area (Å²) in [6.07, 6.45) is -3.13.